The lowest BCUT2D eigenvalue weighted by Crippen LogP contribution is -2.15. The van der Waals surface area contributed by atoms with Crippen LogP contribution in [0.4, 0.5) is 0 Å². The van der Waals surface area contributed by atoms with Crippen molar-refractivity contribution in [2.75, 3.05) is 0 Å². The number of nitrogens with zero attached hydrogens (tertiary/aromatic N) is 1. The summed E-state index contributed by atoms with van der Waals surface area (Å²) in [5.41, 5.74) is 3.16. The minimum Gasteiger partial charge on any atom is -0.477 e. The molecule has 0 radical (unpaired) electrons. The molecule has 0 aliphatic rings. The van der Waals surface area contributed by atoms with E-state index in [1.165, 1.54) is 5.56 Å². The maximum Gasteiger partial charge on any atom is 0.345 e. The minimum atomic E-state index is -0.944. The molecule has 2 rings (SSSR count). The number of halogens is 1. The van der Waals surface area contributed by atoms with Crippen LogP contribution in [0.3, 0.4) is 0 Å². The monoisotopic (exact) mass is 338 g/mol. The van der Waals surface area contributed by atoms with Crippen molar-refractivity contribution >= 4 is 28.9 Å². The van der Waals surface area contributed by atoms with Crippen molar-refractivity contribution < 1.29 is 9.90 Å². The second-order valence-corrected chi connectivity index (χ2v) is 7.80. The fourth-order valence-corrected chi connectivity index (χ4v) is 3.08. The smallest absolute Gasteiger partial charge is 0.345 e. The molecule has 0 aromatic carbocycles. The van der Waals surface area contributed by atoms with E-state index in [-0.39, 0.29) is 10.3 Å². The highest BCUT2D eigenvalue weighted by molar-refractivity contribution is 7.18. The number of carbonyl (C=O) groups is 1. The van der Waals surface area contributed by atoms with Gasteiger partial charge in [0, 0.05) is 25.5 Å². The predicted octanol–water partition coefficient (Wildman–Crippen LogP) is 4.08. The normalized spacial score (nSPS) is 11.6. The first-order valence-electron chi connectivity index (χ1n) is 6.94. The summed E-state index contributed by atoms with van der Waals surface area (Å²) in [7, 11) is 0. The Morgan fingerprint density at radius 3 is 2.64 bits per heavy atom. The molecule has 118 valence electrons. The highest BCUT2D eigenvalue weighted by atomic mass is 35.5. The highest BCUT2D eigenvalue weighted by Gasteiger charge is 2.15. The summed E-state index contributed by atoms with van der Waals surface area (Å²) in [5.74, 6) is -0.944. The molecule has 0 unspecified atom stereocenters. The van der Waals surface area contributed by atoms with Gasteiger partial charge in [0.1, 0.15) is 4.88 Å². The van der Waals surface area contributed by atoms with E-state index < -0.39 is 5.97 Å². The molecular formula is C16H19ClN2O2S. The number of pyridine rings is 1. The molecule has 0 aliphatic carbocycles. The van der Waals surface area contributed by atoms with Crippen LogP contribution in [0.25, 0.3) is 0 Å². The molecule has 2 aromatic heterocycles. The molecule has 2 N–H and O–H groups in total. The Balaban J connectivity index is 1.98. The van der Waals surface area contributed by atoms with Crippen molar-refractivity contribution in [1.29, 1.82) is 0 Å². The van der Waals surface area contributed by atoms with Gasteiger partial charge in [-0.25, -0.2) is 4.79 Å². The van der Waals surface area contributed by atoms with E-state index >= 15 is 0 Å². The molecule has 2 aromatic rings. The van der Waals surface area contributed by atoms with Gasteiger partial charge in [0.15, 0.2) is 0 Å². The number of nitrogens with one attached hydrogen (secondary N) is 1. The average Bonchev–Trinajstić information content (AvgIpc) is 2.80. The standard InChI is InChI=1S/C16H19ClN2O2S/c1-16(2,3)12-4-10(7-19-9-12)6-18-8-11-5-13(15(20)21)22-14(11)17/h4-5,7,9,18H,6,8H2,1-3H3,(H,20,21). The first-order chi connectivity index (χ1) is 10.3. The fraction of sp³-hybridized carbons (Fsp3) is 0.375. The number of hydrogen-bond donors (Lipinski definition) is 2. The van der Waals surface area contributed by atoms with Crippen molar-refractivity contribution in [2.45, 2.75) is 39.3 Å². The Labute approximate surface area is 139 Å². The van der Waals surface area contributed by atoms with Gasteiger partial charge in [-0.15, -0.1) is 11.3 Å². The zero-order valence-corrected chi connectivity index (χ0v) is 14.4. The average molecular weight is 339 g/mol. The van der Waals surface area contributed by atoms with Crippen LogP contribution in [0, 0.1) is 0 Å². The van der Waals surface area contributed by atoms with Crippen LogP contribution in [-0.4, -0.2) is 16.1 Å². The van der Waals surface area contributed by atoms with Gasteiger partial charge in [0.05, 0.1) is 4.34 Å². The van der Waals surface area contributed by atoms with Gasteiger partial charge in [-0.05, 0) is 28.2 Å². The maximum absolute atomic E-state index is 10.9. The molecule has 0 saturated carbocycles. The van der Waals surface area contributed by atoms with E-state index in [0.29, 0.717) is 17.4 Å². The summed E-state index contributed by atoms with van der Waals surface area (Å²) in [6, 6.07) is 3.75. The van der Waals surface area contributed by atoms with Crippen LogP contribution in [0.1, 0.15) is 47.1 Å². The molecule has 0 atom stereocenters. The zero-order chi connectivity index (χ0) is 16.3. The number of rotatable bonds is 5. The first kappa shape index (κ1) is 16.9. The van der Waals surface area contributed by atoms with Crippen molar-refractivity contribution in [3.05, 3.63) is 50.4 Å². The maximum atomic E-state index is 10.9. The van der Waals surface area contributed by atoms with Gasteiger partial charge in [-0.3, -0.25) is 4.98 Å². The van der Waals surface area contributed by atoms with E-state index in [4.69, 9.17) is 16.7 Å². The number of carboxylic acid groups (broad SMARTS) is 1. The van der Waals surface area contributed by atoms with Crippen molar-refractivity contribution in [3.63, 3.8) is 0 Å². The molecule has 2 heterocycles. The Hall–Kier alpha value is -1.43. The molecule has 4 nitrogen and oxygen atoms in total. The molecule has 0 bridgehead atoms. The Morgan fingerprint density at radius 2 is 2.05 bits per heavy atom. The van der Waals surface area contributed by atoms with E-state index in [2.05, 4.69) is 37.1 Å². The molecule has 0 amide bonds. The molecule has 0 fully saturated rings. The largest absolute Gasteiger partial charge is 0.477 e. The summed E-state index contributed by atoms with van der Waals surface area (Å²) in [6.45, 7) is 7.65. The van der Waals surface area contributed by atoms with Crippen LogP contribution in [0.2, 0.25) is 4.34 Å². The number of aromatic nitrogens is 1. The number of hydrogen-bond acceptors (Lipinski definition) is 4. The lowest BCUT2D eigenvalue weighted by Gasteiger charge is -2.19. The van der Waals surface area contributed by atoms with E-state index in [9.17, 15) is 4.79 Å². The number of aromatic carboxylic acids is 1. The SMILES string of the molecule is CC(C)(C)c1cncc(CNCc2cc(C(=O)O)sc2Cl)c1. The second-order valence-electron chi connectivity index (χ2n) is 6.15. The third-order valence-corrected chi connectivity index (χ3v) is 4.70. The first-order valence-corrected chi connectivity index (χ1v) is 8.13. The molecular weight excluding hydrogens is 320 g/mol. The van der Waals surface area contributed by atoms with E-state index in [1.54, 1.807) is 6.07 Å². The van der Waals surface area contributed by atoms with Crippen LogP contribution in [0.15, 0.2) is 24.5 Å². The number of carboxylic acids is 1. The third kappa shape index (κ3) is 4.29. The van der Waals surface area contributed by atoms with Crippen molar-refractivity contribution in [1.82, 2.24) is 10.3 Å². The van der Waals surface area contributed by atoms with Gasteiger partial charge < -0.3 is 10.4 Å². The predicted molar refractivity (Wildman–Crippen MR) is 89.8 cm³/mol. The van der Waals surface area contributed by atoms with Gasteiger partial charge in [0.25, 0.3) is 0 Å². The van der Waals surface area contributed by atoms with Gasteiger partial charge in [-0.2, -0.15) is 0 Å². The third-order valence-electron chi connectivity index (χ3n) is 3.27. The van der Waals surface area contributed by atoms with Crippen molar-refractivity contribution in [3.8, 4) is 0 Å². The van der Waals surface area contributed by atoms with E-state index in [0.717, 1.165) is 22.5 Å². The summed E-state index contributed by atoms with van der Waals surface area (Å²) in [6.07, 6.45) is 3.72. The minimum absolute atomic E-state index is 0.0655. The molecule has 6 heteroatoms. The Bertz CT molecular complexity index is 677. The highest BCUT2D eigenvalue weighted by Crippen LogP contribution is 2.27. The summed E-state index contributed by atoms with van der Waals surface area (Å²) >= 11 is 7.15. The fourth-order valence-electron chi connectivity index (χ4n) is 1.97. The molecule has 0 spiro atoms. The van der Waals surface area contributed by atoms with Crippen LogP contribution >= 0.6 is 22.9 Å². The van der Waals surface area contributed by atoms with Crippen molar-refractivity contribution in [2.24, 2.45) is 0 Å². The number of thiophene rings is 1. The van der Waals surface area contributed by atoms with Gasteiger partial charge >= 0.3 is 5.97 Å². The summed E-state index contributed by atoms with van der Waals surface area (Å²) in [5, 5.41) is 12.2. The lowest BCUT2D eigenvalue weighted by molar-refractivity contribution is 0.0702. The van der Waals surface area contributed by atoms with Gasteiger partial charge in [0.2, 0.25) is 0 Å². The summed E-state index contributed by atoms with van der Waals surface area (Å²) in [4.78, 5) is 15.5. The Morgan fingerprint density at radius 1 is 1.32 bits per heavy atom. The van der Waals surface area contributed by atoms with E-state index in [1.807, 2.05) is 12.4 Å². The van der Waals surface area contributed by atoms with Crippen LogP contribution in [0.5, 0.6) is 0 Å². The van der Waals surface area contributed by atoms with Crippen LogP contribution in [-0.2, 0) is 18.5 Å². The second kappa shape index (κ2) is 6.77. The summed E-state index contributed by atoms with van der Waals surface area (Å²) < 4.78 is 0.520. The van der Waals surface area contributed by atoms with Gasteiger partial charge in [-0.1, -0.05) is 38.4 Å². The Kier molecular flexibility index (Phi) is 5.21. The lowest BCUT2D eigenvalue weighted by atomic mass is 9.88. The zero-order valence-electron chi connectivity index (χ0n) is 12.8. The topological polar surface area (TPSA) is 62.2 Å². The molecule has 22 heavy (non-hydrogen) atoms. The quantitative estimate of drug-likeness (QED) is 0.862. The molecule has 0 saturated heterocycles. The van der Waals surface area contributed by atoms with Crippen LogP contribution < -0.4 is 5.32 Å². The molecule has 0 aliphatic heterocycles.